The average molecular weight is 946 g/mol. The summed E-state index contributed by atoms with van der Waals surface area (Å²) in [4.78, 5) is 83.6. The van der Waals surface area contributed by atoms with Crippen LogP contribution in [0.1, 0.15) is 67.5 Å². The van der Waals surface area contributed by atoms with E-state index in [1.54, 1.807) is 28.3 Å². The molecule has 2 saturated heterocycles. The van der Waals surface area contributed by atoms with E-state index in [2.05, 4.69) is 41.2 Å². The minimum Gasteiger partial charge on any atom is -0.391 e. The van der Waals surface area contributed by atoms with E-state index >= 15 is 0 Å². The Balaban J connectivity index is 0.734. The first kappa shape index (κ1) is 47.9. The average Bonchev–Trinajstić information content (AvgIpc) is 4.16. The van der Waals surface area contributed by atoms with Crippen LogP contribution in [-0.2, 0) is 44.1 Å². The summed E-state index contributed by atoms with van der Waals surface area (Å²) in [5, 5.41) is 27.3. The number of carbonyl (C=O) groups excluding carboxylic acids is 5. The van der Waals surface area contributed by atoms with E-state index in [1.165, 1.54) is 4.90 Å². The van der Waals surface area contributed by atoms with Crippen molar-refractivity contribution in [3.63, 3.8) is 0 Å². The minimum atomic E-state index is -0.993. The number of hydrogen-bond donors (Lipinski definition) is 6. The molecule has 18 nitrogen and oxygen atoms in total. The lowest BCUT2D eigenvalue weighted by atomic mass is 9.85. The summed E-state index contributed by atoms with van der Waals surface area (Å²) in [5.74, 6) is -0.707. The number of aromatic nitrogens is 5. The second-order valence-corrected chi connectivity index (χ2v) is 19.7. The summed E-state index contributed by atoms with van der Waals surface area (Å²) in [6, 6.07) is 17.0. The summed E-state index contributed by atoms with van der Waals surface area (Å²) >= 11 is 1.57. The number of hydrogen-bond acceptors (Lipinski definition) is 12. The fraction of sp³-hybridized carbons (Fsp3) is 0.429. The quantitative estimate of drug-likeness (QED) is 0.0707. The Morgan fingerprint density at radius 3 is 2.57 bits per heavy atom. The third-order valence-corrected chi connectivity index (χ3v) is 13.5. The molecule has 19 heteroatoms. The molecule has 358 valence electrons. The molecule has 0 spiro atoms. The Kier molecular flexibility index (Phi) is 14.6. The molecule has 8 rings (SSSR count). The molecule has 5 amide bonds. The Morgan fingerprint density at radius 2 is 1.81 bits per heavy atom. The third kappa shape index (κ3) is 11.6. The van der Waals surface area contributed by atoms with Crippen molar-refractivity contribution in [3.8, 4) is 10.4 Å². The van der Waals surface area contributed by atoms with Gasteiger partial charge in [-0.25, -0.2) is 9.97 Å². The molecule has 0 bridgehead atoms. The Morgan fingerprint density at radius 1 is 1.00 bits per heavy atom. The predicted molar refractivity (Wildman–Crippen MR) is 258 cm³/mol. The minimum absolute atomic E-state index is 0.0320. The molecule has 6 N–H and O–H groups in total. The number of benzene rings is 3. The Labute approximate surface area is 398 Å². The largest absolute Gasteiger partial charge is 0.391 e. The van der Waals surface area contributed by atoms with Crippen molar-refractivity contribution in [2.24, 2.45) is 18.4 Å². The number of ether oxygens (including phenoxy) is 1. The smallest absolute Gasteiger partial charge is 0.255 e. The van der Waals surface area contributed by atoms with E-state index in [1.807, 2.05) is 94.9 Å². The van der Waals surface area contributed by atoms with Crippen LogP contribution in [-0.4, -0.2) is 127 Å². The third-order valence-electron chi connectivity index (χ3n) is 12.5. The highest BCUT2D eigenvalue weighted by Crippen LogP contribution is 2.29. The topological polar surface area (TPSA) is 229 Å². The first-order valence-corrected chi connectivity index (χ1v) is 23.8. The zero-order chi connectivity index (χ0) is 48.1. The number of rotatable bonds is 17. The number of thiazole rings is 1. The molecule has 2 fully saturated rings. The first-order chi connectivity index (χ1) is 32.6. The second kappa shape index (κ2) is 20.8. The van der Waals surface area contributed by atoms with E-state index in [0.29, 0.717) is 24.2 Å². The number of imidazole rings is 1. The summed E-state index contributed by atoms with van der Waals surface area (Å²) in [7, 11) is 1.86. The van der Waals surface area contributed by atoms with Gasteiger partial charge in [-0.2, -0.15) is 5.10 Å². The van der Waals surface area contributed by atoms with Crippen LogP contribution < -0.4 is 21.3 Å². The standard InChI is InChI=1S/C49H59N11O7S/c1-29-44(68-28-52-29)32-8-6-30(7-9-32)22-51-47(65)40-21-36(61)25-60(40)48(66)45(49(2,3)4)57-43(63)27-67-17-15-50-42(62)18-31-14-16-59(24-31)26-41-55-37-12-11-35(20-38(37)56-41)54-46(64)33-10-13-39-34(19-33)23-53-58(39)5/h6-13,19-20,23,28,31,36,40,45,61H,14-18,21-22,24-27H2,1-5H3,(H,50,62)(H,51,65)(H,54,64)(H,55,56)(H,57,63)/t31?,36-,40+,45-/m1/s1. The molecular weight excluding hydrogens is 887 g/mol. The van der Waals surface area contributed by atoms with Crippen molar-refractivity contribution >= 4 is 68.5 Å². The van der Waals surface area contributed by atoms with E-state index in [0.717, 1.165) is 69.0 Å². The van der Waals surface area contributed by atoms with Gasteiger partial charge in [-0.05, 0) is 78.7 Å². The summed E-state index contributed by atoms with van der Waals surface area (Å²) in [5.41, 5.74) is 7.72. The maximum absolute atomic E-state index is 14.0. The van der Waals surface area contributed by atoms with Gasteiger partial charge in [-0.15, -0.1) is 11.3 Å². The van der Waals surface area contributed by atoms with Gasteiger partial charge in [0.25, 0.3) is 5.91 Å². The molecule has 2 aliphatic rings. The van der Waals surface area contributed by atoms with Crippen molar-refractivity contribution in [1.29, 1.82) is 0 Å². The number of carbonyl (C=O) groups is 5. The van der Waals surface area contributed by atoms with Gasteiger partial charge in [-0.3, -0.25) is 33.6 Å². The molecule has 0 aliphatic carbocycles. The number of fused-ring (bicyclic) bond motifs is 2. The molecule has 5 heterocycles. The molecule has 3 aromatic heterocycles. The maximum atomic E-state index is 14.0. The van der Waals surface area contributed by atoms with Crippen LogP contribution in [0.2, 0.25) is 0 Å². The van der Waals surface area contributed by atoms with Crippen LogP contribution in [0, 0.1) is 18.3 Å². The molecule has 0 radical (unpaired) electrons. The maximum Gasteiger partial charge on any atom is 0.255 e. The lowest BCUT2D eigenvalue weighted by Crippen LogP contribution is -2.58. The molecule has 3 aromatic carbocycles. The van der Waals surface area contributed by atoms with E-state index in [-0.39, 0.29) is 62.9 Å². The predicted octanol–water partition coefficient (Wildman–Crippen LogP) is 4.29. The number of anilines is 1. The monoisotopic (exact) mass is 945 g/mol. The summed E-state index contributed by atoms with van der Waals surface area (Å²) in [6.07, 6.45) is 2.15. The van der Waals surface area contributed by atoms with Gasteiger partial charge >= 0.3 is 0 Å². The number of H-pyrrole nitrogens is 1. The van der Waals surface area contributed by atoms with E-state index in [4.69, 9.17) is 9.72 Å². The highest BCUT2D eigenvalue weighted by molar-refractivity contribution is 7.13. The van der Waals surface area contributed by atoms with Gasteiger partial charge in [-0.1, -0.05) is 45.0 Å². The van der Waals surface area contributed by atoms with Crippen LogP contribution in [0.5, 0.6) is 0 Å². The Hall–Kier alpha value is -6.54. The number of aliphatic hydroxyl groups excluding tert-OH is 1. The van der Waals surface area contributed by atoms with Crippen LogP contribution in [0.25, 0.3) is 32.4 Å². The lowest BCUT2D eigenvalue weighted by Gasteiger charge is -2.35. The van der Waals surface area contributed by atoms with Gasteiger partial charge in [0.2, 0.25) is 23.6 Å². The van der Waals surface area contributed by atoms with Crippen molar-refractivity contribution in [2.45, 2.75) is 78.2 Å². The van der Waals surface area contributed by atoms with Crippen LogP contribution in [0.3, 0.4) is 0 Å². The number of likely N-dealkylation sites (tertiary alicyclic amines) is 2. The van der Waals surface area contributed by atoms with Crippen LogP contribution in [0.4, 0.5) is 5.69 Å². The number of nitrogens with one attached hydrogen (secondary N) is 5. The van der Waals surface area contributed by atoms with Gasteiger partial charge in [0.15, 0.2) is 0 Å². The van der Waals surface area contributed by atoms with Gasteiger partial charge in [0.05, 0.1) is 58.1 Å². The SMILES string of the molecule is Cc1ncsc1-c1ccc(CNC(=O)[C@@H]2C[C@@H](O)CN2C(=O)[C@@H](NC(=O)COCCNC(=O)CC2CCN(Cc3nc4ccc(NC(=O)c5ccc6c(cnn6C)c5)cc4[nH]3)C2)C(C)(C)C)cc1. The van der Waals surface area contributed by atoms with Crippen molar-refractivity contribution in [3.05, 3.63) is 95.0 Å². The molecule has 1 unspecified atom stereocenters. The van der Waals surface area contributed by atoms with Gasteiger partial charge in [0, 0.05) is 62.7 Å². The van der Waals surface area contributed by atoms with Gasteiger partial charge < -0.3 is 41.0 Å². The number of amides is 5. The van der Waals surface area contributed by atoms with Crippen molar-refractivity contribution < 1.29 is 33.8 Å². The van der Waals surface area contributed by atoms with Gasteiger partial charge in [0.1, 0.15) is 24.5 Å². The summed E-state index contributed by atoms with van der Waals surface area (Å²) < 4.78 is 7.35. The number of β-amino-alcohol motifs (C(OH)–C–C–N with tert-alkyl or cyclic N) is 1. The lowest BCUT2D eigenvalue weighted by molar-refractivity contribution is -0.144. The number of nitrogens with zero attached hydrogens (tertiary/aromatic N) is 6. The molecule has 68 heavy (non-hydrogen) atoms. The number of aryl methyl sites for hydroxylation is 2. The zero-order valence-corrected chi connectivity index (χ0v) is 39.8. The fourth-order valence-electron chi connectivity index (χ4n) is 8.90. The van der Waals surface area contributed by atoms with E-state index < -0.39 is 35.4 Å². The molecule has 6 aromatic rings. The highest BCUT2D eigenvalue weighted by Gasteiger charge is 2.44. The molecule has 2 aliphatic heterocycles. The fourth-order valence-corrected chi connectivity index (χ4v) is 9.71. The van der Waals surface area contributed by atoms with Crippen LogP contribution in [0.15, 0.2) is 72.4 Å². The van der Waals surface area contributed by atoms with Crippen molar-refractivity contribution in [2.75, 3.05) is 44.7 Å². The number of aromatic amines is 1. The Bertz CT molecular complexity index is 2800. The second-order valence-electron chi connectivity index (χ2n) is 18.9. The normalized spacial score (nSPS) is 18.0. The molecular formula is C49H59N11O7S. The molecule has 0 saturated carbocycles. The van der Waals surface area contributed by atoms with Crippen molar-refractivity contribution in [1.82, 2.24) is 50.5 Å². The van der Waals surface area contributed by atoms with E-state index in [9.17, 15) is 29.1 Å². The zero-order valence-electron chi connectivity index (χ0n) is 39.0. The summed E-state index contributed by atoms with van der Waals surface area (Å²) in [6.45, 7) is 9.77. The molecule has 4 atom stereocenters. The highest BCUT2D eigenvalue weighted by atomic mass is 32.1. The van der Waals surface area contributed by atoms with Crippen LogP contribution >= 0.6 is 11.3 Å². The first-order valence-electron chi connectivity index (χ1n) is 22.9. The number of aliphatic hydroxyl groups is 1.